The normalized spacial score (nSPS) is 20.1. The molecule has 0 spiro atoms. The zero-order valence-electron chi connectivity index (χ0n) is 18.1. The molecule has 0 saturated carbocycles. The molecule has 2 aliphatic heterocycles. The van der Waals surface area contributed by atoms with Crippen LogP contribution in [0.15, 0.2) is 22.8 Å². The predicted molar refractivity (Wildman–Crippen MR) is 108 cm³/mol. The Bertz CT molecular complexity index is 1240. The van der Waals surface area contributed by atoms with E-state index < -0.39 is 23.4 Å². The van der Waals surface area contributed by atoms with Gasteiger partial charge in [-0.05, 0) is 6.42 Å². The number of anilines is 1. The largest absolute Gasteiger partial charge is 0.442 e. The number of hydrogen-bond acceptors (Lipinski definition) is 10. The van der Waals surface area contributed by atoms with E-state index in [1.54, 1.807) is 0 Å². The van der Waals surface area contributed by atoms with Crippen molar-refractivity contribution in [1.82, 2.24) is 34.9 Å². The number of aliphatic hydroxyl groups is 1. The van der Waals surface area contributed by atoms with Crippen molar-refractivity contribution in [2.75, 3.05) is 18.0 Å². The molecule has 1 atom stereocenters. The van der Waals surface area contributed by atoms with Crippen LogP contribution in [-0.4, -0.2) is 65.4 Å². The Morgan fingerprint density at radius 1 is 1.18 bits per heavy atom. The van der Waals surface area contributed by atoms with Gasteiger partial charge < -0.3 is 10.0 Å². The van der Waals surface area contributed by atoms with Crippen molar-refractivity contribution in [2.45, 2.75) is 57.1 Å². The molecule has 11 nitrogen and oxygen atoms in total. The highest BCUT2D eigenvalue weighted by Crippen LogP contribution is 2.52. The van der Waals surface area contributed by atoms with Gasteiger partial charge in [-0.1, -0.05) is 26.0 Å². The summed E-state index contributed by atoms with van der Waals surface area (Å²) in [4.78, 5) is 19.0. The van der Waals surface area contributed by atoms with E-state index in [0.717, 1.165) is 12.5 Å². The van der Waals surface area contributed by atoms with Crippen molar-refractivity contribution in [3.8, 4) is 0 Å². The maximum Gasteiger partial charge on any atom is 0.442 e. The van der Waals surface area contributed by atoms with E-state index in [2.05, 4.69) is 35.5 Å². The van der Waals surface area contributed by atoms with E-state index >= 15 is 0 Å². The highest BCUT2D eigenvalue weighted by molar-refractivity contribution is 5.83. The average Bonchev–Trinajstić information content (AvgIpc) is 3.31. The molecule has 0 radical (unpaired) electrons. The number of halogens is 3. The molecule has 0 aliphatic carbocycles. The summed E-state index contributed by atoms with van der Waals surface area (Å²) in [6, 6.07) is 0. The van der Waals surface area contributed by atoms with Gasteiger partial charge in [-0.15, -0.1) is 15.3 Å². The van der Waals surface area contributed by atoms with Gasteiger partial charge in [0.05, 0.1) is 23.9 Å². The quantitative estimate of drug-likeness (QED) is 0.624. The number of nitrogens with zero attached hydrogens (tertiary/aromatic N) is 10. The number of alkyl halides is 3. The summed E-state index contributed by atoms with van der Waals surface area (Å²) in [5, 5.41) is 24.9. The fourth-order valence-electron chi connectivity index (χ4n) is 3.78. The minimum atomic E-state index is -4.71. The van der Waals surface area contributed by atoms with E-state index in [4.69, 9.17) is 4.98 Å². The first-order chi connectivity index (χ1) is 15.5. The Morgan fingerprint density at radius 2 is 1.94 bits per heavy atom. The van der Waals surface area contributed by atoms with Gasteiger partial charge in [0.25, 0.3) is 0 Å². The van der Waals surface area contributed by atoms with Crippen LogP contribution in [0.3, 0.4) is 0 Å². The van der Waals surface area contributed by atoms with Gasteiger partial charge in [-0.3, -0.25) is 0 Å². The van der Waals surface area contributed by atoms with Gasteiger partial charge in [0, 0.05) is 24.7 Å². The van der Waals surface area contributed by atoms with Gasteiger partial charge in [0.2, 0.25) is 0 Å². The van der Waals surface area contributed by atoms with Crippen molar-refractivity contribution in [3.05, 3.63) is 29.6 Å². The Balaban J connectivity index is 1.60. The lowest BCUT2D eigenvalue weighted by Crippen LogP contribution is -2.32. The molecule has 1 saturated heterocycles. The summed E-state index contributed by atoms with van der Waals surface area (Å²) >= 11 is 0. The fourth-order valence-corrected chi connectivity index (χ4v) is 3.78. The number of hydrogen-bond donors (Lipinski definition) is 1. The SMILES string of the molecule is CC(C)(C)c1nc(N2CC[C@H](O)C2)c2nnn(Cc3ncncc3C3(C(F)(F)F)N=N3)c2n1. The third-order valence-electron chi connectivity index (χ3n) is 5.64. The number of aliphatic hydroxyl groups excluding tert-OH is 1. The van der Waals surface area contributed by atoms with Crippen LogP contribution in [0.2, 0.25) is 0 Å². The van der Waals surface area contributed by atoms with E-state index in [9.17, 15) is 18.3 Å². The lowest BCUT2D eigenvalue weighted by Gasteiger charge is -2.22. The van der Waals surface area contributed by atoms with Crippen LogP contribution in [0.5, 0.6) is 0 Å². The zero-order valence-corrected chi connectivity index (χ0v) is 18.1. The molecule has 5 heterocycles. The minimum absolute atomic E-state index is 0.0631. The van der Waals surface area contributed by atoms with Crippen molar-refractivity contribution in [3.63, 3.8) is 0 Å². The van der Waals surface area contributed by atoms with E-state index in [1.807, 2.05) is 25.7 Å². The monoisotopic (exact) mass is 462 g/mol. The van der Waals surface area contributed by atoms with Crippen LogP contribution in [0.4, 0.5) is 19.0 Å². The fraction of sp³-hybridized carbons (Fsp3) is 0.579. The van der Waals surface area contributed by atoms with E-state index in [-0.39, 0.29) is 17.8 Å². The molecule has 1 fully saturated rings. The van der Waals surface area contributed by atoms with Crippen LogP contribution in [-0.2, 0) is 17.6 Å². The smallest absolute Gasteiger partial charge is 0.391 e. The number of fused-ring (bicyclic) bond motifs is 1. The standard InChI is InChI=1S/C19H21F3N10O/c1-17(2,3)16-25-14(31-5-4-10(33)7-31)13-15(26-16)32(30-27-13)8-12-11(6-23-9-24-12)18(28-29-18)19(20,21)22/h6,9-10,33H,4-5,7-8H2,1-3H3/t10-/m0/s1. The molecule has 14 heteroatoms. The maximum atomic E-state index is 13.6. The van der Waals surface area contributed by atoms with Crippen LogP contribution < -0.4 is 4.90 Å². The van der Waals surface area contributed by atoms with E-state index in [1.165, 1.54) is 4.68 Å². The molecular weight excluding hydrogens is 441 g/mol. The summed E-state index contributed by atoms with van der Waals surface area (Å²) in [5.41, 5.74) is -2.49. The lowest BCUT2D eigenvalue weighted by atomic mass is 9.96. The van der Waals surface area contributed by atoms with Gasteiger partial charge >= 0.3 is 11.8 Å². The molecule has 1 N–H and O–H groups in total. The molecule has 33 heavy (non-hydrogen) atoms. The number of aromatic nitrogens is 7. The molecule has 3 aromatic heterocycles. The number of β-amino-alcohol motifs (C(OH)–C–C–N with tert-alkyl or cyclic N) is 1. The summed E-state index contributed by atoms with van der Waals surface area (Å²) in [6.45, 7) is 6.72. The molecule has 2 aliphatic rings. The highest BCUT2D eigenvalue weighted by atomic mass is 19.4. The first-order valence-electron chi connectivity index (χ1n) is 10.3. The highest BCUT2D eigenvalue weighted by Gasteiger charge is 2.66. The minimum Gasteiger partial charge on any atom is -0.391 e. The molecular formula is C19H21F3N10O. The summed E-state index contributed by atoms with van der Waals surface area (Å²) in [7, 11) is 0. The Labute approximate surface area is 185 Å². The van der Waals surface area contributed by atoms with Crippen LogP contribution >= 0.6 is 0 Å². The zero-order chi connectivity index (χ0) is 23.6. The predicted octanol–water partition coefficient (Wildman–Crippen LogP) is 2.11. The van der Waals surface area contributed by atoms with Crippen LogP contribution in [0.25, 0.3) is 11.2 Å². The second-order valence-corrected chi connectivity index (χ2v) is 9.18. The average molecular weight is 462 g/mol. The van der Waals surface area contributed by atoms with Gasteiger partial charge in [-0.2, -0.15) is 13.2 Å². The first-order valence-corrected chi connectivity index (χ1v) is 10.3. The molecule has 0 amide bonds. The second kappa shape index (κ2) is 7.10. The van der Waals surface area contributed by atoms with Gasteiger partial charge in [-0.25, -0.2) is 24.6 Å². The Kier molecular flexibility index (Phi) is 4.64. The first kappa shape index (κ1) is 21.6. The summed E-state index contributed by atoms with van der Waals surface area (Å²) in [6.07, 6.45) is -2.35. The molecule has 0 unspecified atom stereocenters. The lowest BCUT2D eigenvalue weighted by molar-refractivity contribution is -0.166. The second-order valence-electron chi connectivity index (χ2n) is 9.18. The van der Waals surface area contributed by atoms with Gasteiger partial charge in [0.1, 0.15) is 12.2 Å². The number of rotatable bonds is 4. The maximum absolute atomic E-state index is 13.6. The Morgan fingerprint density at radius 3 is 2.55 bits per heavy atom. The van der Waals surface area contributed by atoms with E-state index in [0.29, 0.717) is 42.3 Å². The van der Waals surface area contributed by atoms with Crippen molar-refractivity contribution in [1.29, 1.82) is 0 Å². The van der Waals surface area contributed by atoms with Crippen molar-refractivity contribution < 1.29 is 18.3 Å². The molecule has 0 bridgehead atoms. The third-order valence-corrected chi connectivity index (χ3v) is 5.64. The van der Waals surface area contributed by atoms with Gasteiger partial charge in [0.15, 0.2) is 17.0 Å². The molecule has 3 aromatic rings. The molecule has 174 valence electrons. The third kappa shape index (κ3) is 3.57. The summed E-state index contributed by atoms with van der Waals surface area (Å²) in [5.74, 6) is 1.06. The Hall–Kier alpha value is -3.29. The van der Waals surface area contributed by atoms with Crippen LogP contribution in [0, 0.1) is 0 Å². The van der Waals surface area contributed by atoms with Crippen molar-refractivity contribution in [2.24, 2.45) is 10.2 Å². The van der Waals surface area contributed by atoms with Crippen molar-refractivity contribution >= 4 is 17.0 Å². The molecule has 5 rings (SSSR count). The molecule has 0 aromatic carbocycles. The summed E-state index contributed by atoms with van der Waals surface area (Å²) < 4.78 is 42.2. The topological polar surface area (TPSA) is 130 Å². The van der Waals surface area contributed by atoms with Crippen LogP contribution in [0.1, 0.15) is 44.3 Å².